The lowest BCUT2D eigenvalue weighted by molar-refractivity contribution is -0.125. The van der Waals surface area contributed by atoms with E-state index in [1.165, 1.54) is 23.9 Å². The van der Waals surface area contributed by atoms with E-state index in [1.54, 1.807) is 22.8 Å². The SMILES string of the molecule is C=CCn1c(SCC(=O)NCC(=O)NC(C)C)nnc1-c1ccc(F)cc1. The van der Waals surface area contributed by atoms with E-state index >= 15 is 0 Å². The molecule has 2 aromatic rings. The fourth-order valence-corrected chi connectivity index (χ4v) is 3.01. The van der Waals surface area contributed by atoms with Gasteiger partial charge in [-0.2, -0.15) is 0 Å². The van der Waals surface area contributed by atoms with Crippen molar-refractivity contribution in [2.24, 2.45) is 0 Å². The second kappa shape index (κ2) is 9.86. The van der Waals surface area contributed by atoms with Gasteiger partial charge in [0.05, 0.1) is 12.3 Å². The van der Waals surface area contributed by atoms with Gasteiger partial charge < -0.3 is 10.6 Å². The first-order valence-corrected chi connectivity index (χ1v) is 9.38. The van der Waals surface area contributed by atoms with E-state index in [-0.39, 0.29) is 36.0 Å². The third-order valence-electron chi connectivity index (χ3n) is 3.36. The van der Waals surface area contributed by atoms with Crippen LogP contribution in [-0.2, 0) is 16.1 Å². The predicted molar refractivity (Wildman–Crippen MR) is 103 cm³/mol. The van der Waals surface area contributed by atoms with Gasteiger partial charge in [-0.15, -0.1) is 16.8 Å². The molecule has 0 spiro atoms. The van der Waals surface area contributed by atoms with Crippen LogP contribution >= 0.6 is 11.8 Å². The Labute approximate surface area is 161 Å². The van der Waals surface area contributed by atoms with Crippen LogP contribution in [0.2, 0.25) is 0 Å². The Hall–Kier alpha value is -2.68. The molecule has 27 heavy (non-hydrogen) atoms. The summed E-state index contributed by atoms with van der Waals surface area (Å²) >= 11 is 1.20. The number of thioether (sulfide) groups is 1. The number of benzene rings is 1. The lowest BCUT2D eigenvalue weighted by Crippen LogP contribution is -2.40. The average molecular weight is 391 g/mol. The first-order chi connectivity index (χ1) is 12.9. The highest BCUT2D eigenvalue weighted by Gasteiger charge is 2.15. The van der Waals surface area contributed by atoms with E-state index in [4.69, 9.17) is 0 Å². The van der Waals surface area contributed by atoms with Crippen LogP contribution in [0.15, 0.2) is 42.1 Å². The highest BCUT2D eigenvalue weighted by Crippen LogP contribution is 2.24. The zero-order valence-electron chi connectivity index (χ0n) is 15.2. The van der Waals surface area contributed by atoms with E-state index in [9.17, 15) is 14.0 Å². The molecule has 9 heteroatoms. The summed E-state index contributed by atoms with van der Waals surface area (Å²) in [6.07, 6.45) is 1.69. The molecule has 0 unspecified atom stereocenters. The molecular weight excluding hydrogens is 369 g/mol. The number of carbonyl (C=O) groups excluding carboxylic acids is 2. The van der Waals surface area contributed by atoms with Gasteiger partial charge in [-0.25, -0.2) is 4.39 Å². The fourth-order valence-electron chi connectivity index (χ4n) is 2.23. The normalized spacial score (nSPS) is 10.7. The number of nitrogens with one attached hydrogen (secondary N) is 2. The van der Waals surface area contributed by atoms with Gasteiger partial charge in [0, 0.05) is 18.2 Å². The lowest BCUT2D eigenvalue weighted by Gasteiger charge is -2.10. The minimum absolute atomic E-state index is 0.0196. The number of hydrogen-bond donors (Lipinski definition) is 2. The van der Waals surface area contributed by atoms with E-state index < -0.39 is 0 Å². The quantitative estimate of drug-likeness (QED) is 0.504. The molecule has 0 saturated carbocycles. The molecule has 0 aliphatic rings. The van der Waals surface area contributed by atoms with Crippen LogP contribution in [0.4, 0.5) is 4.39 Å². The van der Waals surface area contributed by atoms with E-state index in [2.05, 4.69) is 27.4 Å². The van der Waals surface area contributed by atoms with Gasteiger partial charge in [0.15, 0.2) is 11.0 Å². The van der Waals surface area contributed by atoms with Crippen molar-refractivity contribution in [3.63, 3.8) is 0 Å². The molecule has 0 radical (unpaired) electrons. The molecule has 0 saturated heterocycles. The molecule has 2 N–H and O–H groups in total. The Bertz CT molecular complexity index is 805. The van der Waals surface area contributed by atoms with Gasteiger partial charge >= 0.3 is 0 Å². The molecule has 0 bridgehead atoms. The lowest BCUT2D eigenvalue weighted by atomic mass is 10.2. The van der Waals surface area contributed by atoms with Crippen LogP contribution in [-0.4, -0.2) is 44.9 Å². The van der Waals surface area contributed by atoms with Gasteiger partial charge in [0.2, 0.25) is 11.8 Å². The standard InChI is InChI=1S/C18H22FN5O2S/c1-4-9-24-17(13-5-7-14(19)8-6-13)22-23-18(24)27-11-16(26)20-10-15(25)21-12(2)3/h4-8,12H,1,9-11H2,2-3H3,(H,20,26)(H,21,25). The Balaban J connectivity index is 2.00. The van der Waals surface area contributed by atoms with Crippen molar-refractivity contribution in [3.8, 4) is 11.4 Å². The molecule has 0 atom stereocenters. The number of carbonyl (C=O) groups is 2. The number of halogens is 1. The van der Waals surface area contributed by atoms with Crippen LogP contribution in [0, 0.1) is 5.82 Å². The Morgan fingerprint density at radius 2 is 1.96 bits per heavy atom. The van der Waals surface area contributed by atoms with Crippen LogP contribution < -0.4 is 10.6 Å². The summed E-state index contributed by atoms with van der Waals surface area (Å²) < 4.78 is 14.9. The number of allylic oxidation sites excluding steroid dienone is 1. The Kier molecular flexibility index (Phi) is 7.54. The highest BCUT2D eigenvalue weighted by atomic mass is 32.2. The summed E-state index contributed by atoms with van der Waals surface area (Å²) in [5.41, 5.74) is 0.715. The maximum absolute atomic E-state index is 13.1. The monoisotopic (exact) mass is 391 g/mol. The smallest absolute Gasteiger partial charge is 0.239 e. The topological polar surface area (TPSA) is 88.9 Å². The summed E-state index contributed by atoms with van der Waals surface area (Å²) in [5, 5.41) is 14.1. The molecule has 144 valence electrons. The predicted octanol–water partition coefficient (Wildman–Crippen LogP) is 2.00. The zero-order chi connectivity index (χ0) is 19.8. The minimum atomic E-state index is -0.332. The maximum Gasteiger partial charge on any atom is 0.239 e. The van der Waals surface area contributed by atoms with Crippen molar-refractivity contribution in [1.82, 2.24) is 25.4 Å². The van der Waals surface area contributed by atoms with Crippen molar-refractivity contribution in [2.45, 2.75) is 31.6 Å². The summed E-state index contributed by atoms with van der Waals surface area (Å²) in [6, 6.07) is 5.96. The largest absolute Gasteiger partial charge is 0.352 e. The summed E-state index contributed by atoms with van der Waals surface area (Å²) in [5.74, 6) is -0.198. The van der Waals surface area contributed by atoms with Gasteiger partial charge in [-0.1, -0.05) is 17.8 Å². The van der Waals surface area contributed by atoms with Crippen LogP contribution in [0.1, 0.15) is 13.8 Å². The average Bonchev–Trinajstić information content (AvgIpc) is 3.01. The van der Waals surface area contributed by atoms with Gasteiger partial charge in [-0.3, -0.25) is 14.2 Å². The molecule has 0 fully saturated rings. The van der Waals surface area contributed by atoms with Gasteiger partial charge in [0.1, 0.15) is 5.82 Å². The Morgan fingerprint density at radius 3 is 2.59 bits per heavy atom. The Morgan fingerprint density at radius 1 is 1.26 bits per heavy atom. The number of aromatic nitrogens is 3. The number of hydrogen-bond acceptors (Lipinski definition) is 5. The number of amides is 2. The third-order valence-corrected chi connectivity index (χ3v) is 4.33. The van der Waals surface area contributed by atoms with Crippen LogP contribution in [0.25, 0.3) is 11.4 Å². The molecule has 7 nitrogen and oxygen atoms in total. The molecule has 2 rings (SSSR count). The minimum Gasteiger partial charge on any atom is -0.352 e. The van der Waals surface area contributed by atoms with Crippen LogP contribution in [0.3, 0.4) is 0 Å². The molecule has 1 heterocycles. The molecule has 1 aromatic carbocycles. The first-order valence-electron chi connectivity index (χ1n) is 8.39. The first kappa shape index (κ1) is 20.6. The molecule has 1 aromatic heterocycles. The fraction of sp³-hybridized carbons (Fsp3) is 0.333. The van der Waals surface area contributed by atoms with E-state index in [0.29, 0.717) is 23.1 Å². The zero-order valence-corrected chi connectivity index (χ0v) is 16.1. The van der Waals surface area contributed by atoms with Crippen molar-refractivity contribution < 1.29 is 14.0 Å². The second-order valence-electron chi connectivity index (χ2n) is 6.00. The molecular formula is C18H22FN5O2S. The number of rotatable bonds is 9. The molecule has 0 aliphatic carbocycles. The summed E-state index contributed by atoms with van der Waals surface area (Å²) in [7, 11) is 0. The van der Waals surface area contributed by atoms with Crippen molar-refractivity contribution in [1.29, 1.82) is 0 Å². The van der Waals surface area contributed by atoms with Crippen molar-refractivity contribution in [3.05, 3.63) is 42.7 Å². The van der Waals surface area contributed by atoms with Crippen molar-refractivity contribution in [2.75, 3.05) is 12.3 Å². The van der Waals surface area contributed by atoms with E-state index in [1.807, 2.05) is 13.8 Å². The summed E-state index contributed by atoms with van der Waals surface area (Å²) in [6.45, 7) is 7.79. The van der Waals surface area contributed by atoms with Crippen molar-refractivity contribution >= 4 is 23.6 Å². The number of nitrogens with zero attached hydrogens (tertiary/aromatic N) is 3. The third kappa shape index (κ3) is 6.21. The second-order valence-corrected chi connectivity index (χ2v) is 6.94. The van der Waals surface area contributed by atoms with Gasteiger partial charge in [-0.05, 0) is 38.1 Å². The van der Waals surface area contributed by atoms with E-state index in [0.717, 1.165) is 0 Å². The van der Waals surface area contributed by atoms with Gasteiger partial charge in [0.25, 0.3) is 0 Å². The summed E-state index contributed by atoms with van der Waals surface area (Å²) in [4.78, 5) is 23.5. The van der Waals surface area contributed by atoms with Crippen LogP contribution in [0.5, 0.6) is 0 Å². The molecule has 2 amide bonds. The maximum atomic E-state index is 13.1. The molecule has 0 aliphatic heterocycles. The highest BCUT2D eigenvalue weighted by molar-refractivity contribution is 7.99.